The molecule has 0 saturated carbocycles. The molecule has 5 heteroatoms. The number of carbonyl (C=O) groups excluding carboxylic acids is 1. The lowest BCUT2D eigenvalue weighted by Gasteiger charge is -2.40. The van der Waals surface area contributed by atoms with E-state index < -0.39 is 0 Å². The summed E-state index contributed by atoms with van der Waals surface area (Å²) in [6, 6.07) is 6.48. The maximum absolute atomic E-state index is 12.0. The molecule has 2 aliphatic rings. The molecule has 0 saturated heterocycles. The Bertz CT molecular complexity index is 777. The molecule has 2 atom stereocenters. The minimum absolute atomic E-state index is 0.134. The summed E-state index contributed by atoms with van der Waals surface area (Å²) in [5, 5.41) is 3.17. The monoisotopic (exact) mass is 298 g/mol. The van der Waals surface area contributed by atoms with Gasteiger partial charge in [0.1, 0.15) is 0 Å². The minimum Gasteiger partial charge on any atom is -0.466 e. The largest absolute Gasteiger partial charge is 0.466 e. The average molecular weight is 298 g/mol. The Morgan fingerprint density at radius 1 is 1.36 bits per heavy atom. The summed E-state index contributed by atoms with van der Waals surface area (Å²) in [7, 11) is 3.07. The van der Waals surface area contributed by atoms with E-state index in [9.17, 15) is 4.79 Å². The lowest BCUT2D eigenvalue weighted by molar-refractivity contribution is -0.166. The number of rotatable bonds is 2. The molecule has 5 nitrogen and oxygen atoms in total. The van der Waals surface area contributed by atoms with Crippen LogP contribution in [0.4, 0.5) is 0 Å². The molecule has 1 aromatic heterocycles. The third-order valence-corrected chi connectivity index (χ3v) is 4.78. The van der Waals surface area contributed by atoms with Crippen molar-refractivity contribution in [3.05, 3.63) is 47.2 Å². The molecule has 0 spiro atoms. The van der Waals surface area contributed by atoms with Gasteiger partial charge in [0.05, 0.1) is 32.4 Å². The van der Waals surface area contributed by atoms with Gasteiger partial charge in [-0.25, -0.2) is 4.79 Å². The molecule has 4 rings (SSSR count). The van der Waals surface area contributed by atoms with Crippen molar-refractivity contribution < 1.29 is 14.4 Å². The number of nitrogens with one attached hydrogen (secondary N) is 1. The van der Waals surface area contributed by atoms with Crippen molar-refractivity contribution in [1.82, 2.24) is 10.0 Å². The van der Waals surface area contributed by atoms with Gasteiger partial charge in [0.25, 0.3) is 0 Å². The van der Waals surface area contributed by atoms with Crippen LogP contribution in [-0.4, -0.2) is 42.8 Å². The number of carbonyl (C=O) groups is 1. The Kier molecular flexibility index (Phi) is 3.06. The Morgan fingerprint density at radius 2 is 2.23 bits per heavy atom. The first-order chi connectivity index (χ1) is 10.7. The van der Waals surface area contributed by atoms with Gasteiger partial charge in [-0.2, -0.15) is 5.06 Å². The molecule has 114 valence electrons. The van der Waals surface area contributed by atoms with Gasteiger partial charge < -0.3 is 14.6 Å². The van der Waals surface area contributed by atoms with Gasteiger partial charge in [-0.05, 0) is 23.6 Å². The van der Waals surface area contributed by atoms with E-state index in [1.807, 2.05) is 5.06 Å². The molecule has 1 unspecified atom stereocenters. The number of nitrogens with zero attached hydrogens (tertiary/aromatic N) is 1. The molecular formula is C17H18N2O3. The van der Waals surface area contributed by atoms with Crippen molar-refractivity contribution >= 4 is 16.9 Å². The number of H-pyrrole nitrogens is 1. The Labute approximate surface area is 128 Å². The second-order valence-corrected chi connectivity index (χ2v) is 5.82. The molecule has 1 aliphatic carbocycles. The van der Waals surface area contributed by atoms with E-state index in [4.69, 9.17) is 9.57 Å². The van der Waals surface area contributed by atoms with Crippen LogP contribution in [0.1, 0.15) is 17.0 Å². The van der Waals surface area contributed by atoms with Gasteiger partial charge >= 0.3 is 5.97 Å². The number of hydrogen-bond acceptors (Lipinski definition) is 4. The molecule has 0 fully saturated rings. The summed E-state index contributed by atoms with van der Waals surface area (Å²) in [6.07, 6.45) is 5.04. The van der Waals surface area contributed by atoms with Gasteiger partial charge in [0.2, 0.25) is 0 Å². The molecule has 1 N–H and O–H groups in total. The van der Waals surface area contributed by atoms with E-state index >= 15 is 0 Å². The number of fused-ring (bicyclic) bond motifs is 2. The van der Waals surface area contributed by atoms with Crippen molar-refractivity contribution in [2.75, 3.05) is 20.8 Å². The van der Waals surface area contributed by atoms with Crippen molar-refractivity contribution in [3.8, 4) is 0 Å². The molecule has 1 aliphatic heterocycles. The summed E-state index contributed by atoms with van der Waals surface area (Å²) in [4.78, 5) is 20.8. The van der Waals surface area contributed by atoms with Gasteiger partial charge in [-0.3, -0.25) is 0 Å². The highest BCUT2D eigenvalue weighted by molar-refractivity contribution is 5.91. The number of hydrogen-bond donors (Lipinski definition) is 1. The van der Waals surface area contributed by atoms with Gasteiger partial charge in [-0.15, -0.1) is 0 Å². The summed E-state index contributed by atoms with van der Waals surface area (Å²) in [6.45, 7) is 0.458. The van der Waals surface area contributed by atoms with Crippen LogP contribution >= 0.6 is 0 Å². The van der Waals surface area contributed by atoms with Crippen molar-refractivity contribution in [3.63, 3.8) is 0 Å². The fourth-order valence-electron chi connectivity index (χ4n) is 3.78. The van der Waals surface area contributed by atoms with Crippen LogP contribution in [0.25, 0.3) is 10.9 Å². The first kappa shape index (κ1) is 13.5. The van der Waals surface area contributed by atoms with Gasteiger partial charge in [-0.1, -0.05) is 18.2 Å². The minimum atomic E-state index is -0.285. The van der Waals surface area contributed by atoms with Crippen molar-refractivity contribution in [2.45, 2.75) is 18.4 Å². The molecule has 2 aromatic rings. The molecule has 1 aromatic carbocycles. The van der Waals surface area contributed by atoms with E-state index in [2.05, 4.69) is 35.5 Å². The predicted octanol–water partition coefficient (Wildman–Crippen LogP) is 2.15. The van der Waals surface area contributed by atoms with Gasteiger partial charge in [0, 0.05) is 23.0 Å². The standard InChI is InChI=1S/C17H18N2O3/c1-21-17(20)11-6-13-12-4-3-5-14-16(12)10(8-18-14)7-15(13)19(9-11)22-2/h3-6,8,13,15,18H,7,9H2,1-2H3/t13?,15-/m1/s1. The van der Waals surface area contributed by atoms with Crippen LogP contribution in [0, 0.1) is 0 Å². The highest BCUT2D eigenvalue weighted by Crippen LogP contribution is 2.42. The number of hydroxylamine groups is 2. The first-order valence-corrected chi connectivity index (χ1v) is 7.41. The predicted molar refractivity (Wildman–Crippen MR) is 82.3 cm³/mol. The number of benzene rings is 1. The third kappa shape index (κ3) is 1.82. The topological polar surface area (TPSA) is 54.6 Å². The van der Waals surface area contributed by atoms with Crippen LogP contribution in [0.3, 0.4) is 0 Å². The zero-order chi connectivity index (χ0) is 15.3. The van der Waals surface area contributed by atoms with Crippen LogP contribution in [-0.2, 0) is 20.8 Å². The number of methoxy groups -OCH3 is 1. The zero-order valence-electron chi connectivity index (χ0n) is 12.6. The van der Waals surface area contributed by atoms with Crippen molar-refractivity contribution in [1.29, 1.82) is 0 Å². The second kappa shape index (κ2) is 4.97. The molecule has 2 heterocycles. The van der Waals surface area contributed by atoms with E-state index in [1.54, 1.807) is 7.11 Å². The summed E-state index contributed by atoms with van der Waals surface area (Å²) in [5.74, 6) is -0.151. The van der Waals surface area contributed by atoms with Crippen LogP contribution in [0.15, 0.2) is 36.0 Å². The number of esters is 1. The van der Waals surface area contributed by atoms with Gasteiger partial charge in [0.15, 0.2) is 0 Å². The van der Waals surface area contributed by atoms with E-state index in [1.165, 1.54) is 23.6 Å². The Hall–Kier alpha value is -2.11. The first-order valence-electron chi connectivity index (χ1n) is 7.41. The quantitative estimate of drug-likeness (QED) is 0.863. The average Bonchev–Trinajstić information content (AvgIpc) is 2.98. The highest BCUT2D eigenvalue weighted by atomic mass is 16.7. The maximum atomic E-state index is 12.0. The second-order valence-electron chi connectivity index (χ2n) is 5.82. The fraction of sp³-hybridized carbons (Fsp3) is 0.353. The normalized spacial score (nSPS) is 24.0. The lowest BCUT2D eigenvalue weighted by Crippen LogP contribution is -2.46. The maximum Gasteiger partial charge on any atom is 0.334 e. The zero-order valence-corrected chi connectivity index (χ0v) is 12.6. The van der Waals surface area contributed by atoms with Crippen molar-refractivity contribution in [2.24, 2.45) is 0 Å². The molecule has 0 radical (unpaired) electrons. The molecule has 0 amide bonds. The lowest BCUT2D eigenvalue weighted by atomic mass is 9.77. The van der Waals surface area contributed by atoms with E-state index in [0.717, 1.165) is 11.9 Å². The molecular weight excluding hydrogens is 280 g/mol. The molecule has 0 bridgehead atoms. The fourth-order valence-corrected chi connectivity index (χ4v) is 3.78. The SMILES string of the molecule is COC(=O)C1=CC2c3cccc4[nH]cc(c34)C[C@H]2N(OC)C1. The Morgan fingerprint density at radius 3 is 3.00 bits per heavy atom. The van der Waals surface area contributed by atoms with Crippen LogP contribution < -0.4 is 0 Å². The summed E-state index contributed by atoms with van der Waals surface area (Å²) < 4.78 is 4.89. The summed E-state index contributed by atoms with van der Waals surface area (Å²) >= 11 is 0. The van der Waals surface area contributed by atoms with E-state index in [0.29, 0.717) is 12.1 Å². The van der Waals surface area contributed by atoms with E-state index in [-0.39, 0.29) is 17.9 Å². The highest BCUT2D eigenvalue weighted by Gasteiger charge is 2.39. The molecule has 22 heavy (non-hydrogen) atoms. The Balaban J connectivity index is 1.88. The third-order valence-electron chi connectivity index (χ3n) is 4.78. The number of ether oxygens (including phenoxy) is 1. The van der Waals surface area contributed by atoms with Crippen LogP contribution in [0.5, 0.6) is 0 Å². The number of aromatic nitrogens is 1. The van der Waals surface area contributed by atoms with Crippen LogP contribution in [0.2, 0.25) is 0 Å². The summed E-state index contributed by atoms with van der Waals surface area (Å²) in [5.41, 5.74) is 4.35. The number of aromatic amines is 1. The smallest absolute Gasteiger partial charge is 0.334 e.